The van der Waals surface area contributed by atoms with Crippen LogP contribution in [0.1, 0.15) is 30.1 Å². The van der Waals surface area contributed by atoms with Crippen molar-refractivity contribution in [2.24, 2.45) is 5.92 Å². The summed E-state index contributed by atoms with van der Waals surface area (Å²) < 4.78 is 18.5. The molecule has 0 amide bonds. The molecular formula is C12H13FO2. The van der Waals surface area contributed by atoms with Crippen LogP contribution in [0.5, 0.6) is 5.75 Å². The molecule has 0 bridgehead atoms. The van der Waals surface area contributed by atoms with E-state index in [2.05, 4.69) is 0 Å². The summed E-state index contributed by atoms with van der Waals surface area (Å²) in [6, 6.07) is 4.43. The Kier molecular flexibility index (Phi) is 2.71. The summed E-state index contributed by atoms with van der Waals surface area (Å²) in [5, 5.41) is 0. The summed E-state index contributed by atoms with van der Waals surface area (Å²) in [6.07, 6.45) is 1.88. The molecule has 0 heterocycles. The van der Waals surface area contributed by atoms with E-state index in [1.54, 1.807) is 13.0 Å². The maximum Gasteiger partial charge on any atom is 0.166 e. The lowest BCUT2D eigenvalue weighted by molar-refractivity contribution is 0.0967. The Balaban J connectivity index is 2.20. The largest absolute Gasteiger partial charge is 0.491 e. The molecule has 1 aliphatic rings. The van der Waals surface area contributed by atoms with Crippen molar-refractivity contribution in [3.8, 4) is 5.75 Å². The molecule has 0 saturated heterocycles. The third kappa shape index (κ3) is 2.17. The first-order valence-corrected chi connectivity index (χ1v) is 5.19. The van der Waals surface area contributed by atoms with Gasteiger partial charge in [-0.05, 0) is 38.0 Å². The number of ketones is 1. The molecule has 2 rings (SSSR count). The SMILES string of the molecule is CCOc1ccc(C(=O)C2CC2)cc1F. The Labute approximate surface area is 88.1 Å². The van der Waals surface area contributed by atoms with Crippen LogP contribution in [0, 0.1) is 11.7 Å². The Morgan fingerprint density at radius 2 is 2.27 bits per heavy atom. The quantitative estimate of drug-likeness (QED) is 0.711. The van der Waals surface area contributed by atoms with Crippen LogP contribution in [0.25, 0.3) is 0 Å². The van der Waals surface area contributed by atoms with Gasteiger partial charge in [-0.15, -0.1) is 0 Å². The number of hydrogen-bond acceptors (Lipinski definition) is 2. The van der Waals surface area contributed by atoms with Crippen LogP contribution < -0.4 is 4.74 Å². The zero-order chi connectivity index (χ0) is 10.8. The second-order valence-electron chi connectivity index (χ2n) is 3.72. The van der Waals surface area contributed by atoms with Gasteiger partial charge in [-0.3, -0.25) is 4.79 Å². The van der Waals surface area contributed by atoms with Gasteiger partial charge in [-0.2, -0.15) is 0 Å². The topological polar surface area (TPSA) is 26.3 Å². The highest BCUT2D eigenvalue weighted by atomic mass is 19.1. The first kappa shape index (κ1) is 10.1. The maximum atomic E-state index is 13.4. The van der Waals surface area contributed by atoms with E-state index < -0.39 is 5.82 Å². The van der Waals surface area contributed by atoms with E-state index in [0.717, 1.165) is 12.8 Å². The normalized spacial score (nSPS) is 15.1. The van der Waals surface area contributed by atoms with Crippen LogP contribution in [0.3, 0.4) is 0 Å². The van der Waals surface area contributed by atoms with E-state index in [0.29, 0.717) is 12.2 Å². The Hall–Kier alpha value is -1.38. The summed E-state index contributed by atoms with van der Waals surface area (Å²) in [5.41, 5.74) is 0.457. The van der Waals surface area contributed by atoms with Crippen LogP contribution in [0.15, 0.2) is 18.2 Å². The van der Waals surface area contributed by atoms with Crippen LogP contribution in [-0.4, -0.2) is 12.4 Å². The first-order chi connectivity index (χ1) is 7.22. The third-order valence-electron chi connectivity index (χ3n) is 2.46. The molecule has 0 spiro atoms. The number of Topliss-reactive ketones (excluding diaryl/α,β-unsaturated/α-hetero) is 1. The van der Waals surface area contributed by atoms with Crippen LogP contribution >= 0.6 is 0 Å². The van der Waals surface area contributed by atoms with Gasteiger partial charge in [0.15, 0.2) is 17.3 Å². The molecule has 1 fully saturated rings. The number of halogens is 1. The van der Waals surface area contributed by atoms with Gasteiger partial charge >= 0.3 is 0 Å². The van der Waals surface area contributed by atoms with Crippen LogP contribution in [-0.2, 0) is 0 Å². The first-order valence-electron chi connectivity index (χ1n) is 5.19. The molecule has 1 aliphatic carbocycles. The second-order valence-corrected chi connectivity index (χ2v) is 3.72. The number of hydrogen-bond donors (Lipinski definition) is 0. The number of carbonyl (C=O) groups is 1. The molecule has 1 aromatic carbocycles. The van der Waals surface area contributed by atoms with Crippen molar-refractivity contribution in [1.29, 1.82) is 0 Å². The van der Waals surface area contributed by atoms with Crippen molar-refractivity contribution in [3.05, 3.63) is 29.6 Å². The fraction of sp³-hybridized carbons (Fsp3) is 0.417. The molecule has 0 aromatic heterocycles. The third-order valence-corrected chi connectivity index (χ3v) is 2.46. The molecule has 15 heavy (non-hydrogen) atoms. The minimum Gasteiger partial charge on any atom is -0.491 e. The monoisotopic (exact) mass is 208 g/mol. The number of carbonyl (C=O) groups excluding carboxylic acids is 1. The van der Waals surface area contributed by atoms with Crippen molar-refractivity contribution < 1.29 is 13.9 Å². The molecular weight excluding hydrogens is 195 g/mol. The lowest BCUT2D eigenvalue weighted by Crippen LogP contribution is -2.03. The van der Waals surface area contributed by atoms with Gasteiger partial charge in [-0.1, -0.05) is 0 Å². The Morgan fingerprint density at radius 1 is 1.53 bits per heavy atom. The van der Waals surface area contributed by atoms with E-state index in [9.17, 15) is 9.18 Å². The molecule has 0 N–H and O–H groups in total. The van der Waals surface area contributed by atoms with E-state index in [1.165, 1.54) is 12.1 Å². The zero-order valence-corrected chi connectivity index (χ0v) is 8.63. The van der Waals surface area contributed by atoms with Crippen LogP contribution in [0.4, 0.5) is 4.39 Å². The average Bonchev–Trinajstić information content (AvgIpc) is 3.04. The smallest absolute Gasteiger partial charge is 0.166 e. The number of rotatable bonds is 4. The molecule has 1 aromatic rings. The van der Waals surface area contributed by atoms with Gasteiger partial charge in [-0.25, -0.2) is 4.39 Å². The Bertz CT molecular complexity index is 383. The van der Waals surface area contributed by atoms with E-state index in [1.807, 2.05) is 0 Å². The molecule has 3 heteroatoms. The van der Waals surface area contributed by atoms with Gasteiger partial charge in [0.05, 0.1) is 6.61 Å². The highest BCUT2D eigenvalue weighted by Gasteiger charge is 2.30. The van der Waals surface area contributed by atoms with Gasteiger partial charge in [0.25, 0.3) is 0 Å². The van der Waals surface area contributed by atoms with E-state index in [-0.39, 0.29) is 17.5 Å². The molecule has 0 aliphatic heterocycles. The highest BCUT2D eigenvalue weighted by Crippen LogP contribution is 2.33. The standard InChI is InChI=1S/C12H13FO2/c1-2-15-11-6-5-9(7-10(11)13)12(14)8-3-4-8/h5-8H,2-4H2,1H3. The van der Waals surface area contributed by atoms with Gasteiger partial charge in [0, 0.05) is 11.5 Å². The zero-order valence-electron chi connectivity index (χ0n) is 8.63. The molecule has 0 radical (unpaired) electrons. The van der Waals surface area contributed by atoms with Crippen molar-refractivity contribution >= 4 is 5.78 Å². The molecule has 80 valence electrons. The van der Waals surface area contributed by atoms with Crippen molar-refractivity contribution in [2.75, 3.05) is 6.61 Å². The van der Waals surface area contributed by atoms with Crippen molar-refractivity contribution in [1.82, 2.24) is 0 Å². The molecule has 0 atom stereocenters. The fourth-order valence-electron chi connectivity index (χ4n) is 1.51. The molecule has 1 saturated carbocycles. The summed E-state index contributed by atoms with van der Waals surface area (Å²) >= 11 is 0. The van der Waals surface area contributed by atoms with Crippen molar-refractivity contribution in [3.63, 3.8) is 0 Å². The van der Waals surface area contributed by atoms with Gasteiger partial charge in [0.2, 0.25) is 0 Å². The summed E-state index contributed by atoms with van der Waals surface area (Å²) in [6.45, 7) is 2.22. The van der Waals surface area contributed by atoms with Gasteiger partial charge in [0.1, 0.15) is 0 Å². The summed E-state index contributed by atoms with van der Waals surface area (Å²) in [5.74, 6) is -0.0625. The van der Waals surface area contributed by atoms with Crippen molar-refractivity contribution in [2.45, 2.75) is 19.8 Å². The summed E-state index contributed by atoms with van der Waals surface area (Å²) in [4.78, 5) is 11.6. The minimum atomic E-state index is -0.455. The van der Waals surface area contributed by atoms with E-state index in [4.69, 9.17) is 4.74 Å². The highest BCUT2D eigenvalue weighted by molar-refractivity contribution is 5.99. The predicted octanol–water partition coefficient (Wildman–Crippen LogP) is 2.82. The van der Waals surface area contributed by atoms with Crippen LogP contribution in [0.2, 0.25) is 0 Å². The second kappa shape index (κ2) is 4.01. The van der Waals surface area contributed by atoms with E-state index >= 15 is 0 Å². The summed E-state index contributed by atoms with van der Waals surface area (Å²) in [7, 11) is 0. The fourth-order valence-corrected chi connectivity index (χ4v) is 1.51. The number of ether oxygens (including phenoxy) is 1. The molecule has 2 nitrogen and oxygen atoms in total. The maximum absolute atomic E-state index is 13.4. The number of benzene rings is 1. The predicted molar refractivity (Wildman–Crippen MR) is 54.6 cm³/mol. The minimum absolute atomic E-state index is 0.0527. The lowest BCUT2D eigenvalue weighted by atomic mass is 10.1. The Morgan fingerprint density at radius 3 is 2.80 bits per heavy atom. The molecule has 0 unspecified atom stereocenters. The lowest BCUT2D eigenvalue weighted by Gasteiger charge is -2.05. The average molecular weight is 208 g/mol. The van der Waals surface area contributed by atoms with Gasteiger partial charge < -0.3 is 4.74 Å².